The summed E-state index contributed by atoms with van der Waals surface area (Å²) in [5.74, 6) is 0. The fourth-order valence-corrected chi connectivity index (χ4v) is 1.93. The molecule has 0 aromatic rings. The molecule has 0 radical (unpaired) electrons. The molecule has 4 N–H and O–H groups in total. The van der Waals surface area contributed by atoms with Crippen LogP contribution in [0.4, 0.5) is 0 Å². The molecule has 1 aliphatic rings. The number of aliphatic hydroxyl groups is 4. The number of ether oxygens (including phenoxy) is 2. The van der Waals surface area contributed by atoms with Gasteiger partial charge in [0.15, 0.2) is 6.29 Å². The van der Waals surface area contributed by atoms with Crippen molar-refractivity contribution in [2.75, 3.05) is 13.2 Å². The number of rotatable bonds is 7. The van der Waals surface area contributed by atoms with Crippen LogP contribution in [0.3, 0.4) is 0 Å². The number of hydrogen-bond acceptors (Lipinski definition) is 6. The fourth-order valence-electron chi connectivity index (χ4n) is 1.93. The minimum Gasteiger partial charge on any atom is -0.394 e. The molecule has 1 saturated heterocycles. The largest absolute Gasteiger partial charge is 0.394 e. The standard InChI is InChI=1S/C12H24O6/c1-2-3-4-5-6-17-12-11(16)10(15)9(14)8(7-13)18-12/h8-16H,2-7H2,1H3/t8-,9+,10-,11+,12+/m1/s1. The average Bonchev–Trinajstić information content (AvgIpc) is 2.38. The Bertz CT molecular complexity index is 223. The van der Waals surface area contributed by atoms with Crippen LogP contribution in [0.5, 0.6) is 0 Å². The van der Waals surface area contributed by atoms with Gasteiger partial charge in [0, 0.05) is 6.61 Å². The molecule has 1 fully saturated rings. The van der Waals surface area contributed by atoms with Crippen LogP contribution in [0.1, 0.15) is 32.6 Å². The van der Waals surface area contributed by atoms with Gasteiger partial charge in [0.2, 0.25) is 0 Å². The second kappa shape index (κ2) is 8.04. The van der Waals surface area contributed by atoms with Crippen molar-refractivity contribution >= 4 is 0 Å². The average molecular weight is 264 g/mol. The Hall–Kier alpha value is -0.240. The Balaban J connectivity index is 2.35. The highest BCUT2D eigenvalue weighted by Gasteiger charge is 2.43. The van der Waals surface area contributed by atoms with E-state index in [2.05, 4.69) is 6.92 Å². The smallest absolute Gasteiger partial charge is 0.186 e. The fraction of sp³-hybridized carbons (Fsp3) is 1.00. The third kappa shape index (κ3) is 4.15. The molecule has 1 heterocycles. The van der Waals surface area contributed by atoms with Crippen LogP contribution in [-0.2, 0) is 9.47 Å². The van der Waals surface area contributed by atoms with Crippen molar-refractivity contribution in [3.8, 4) is 0 Å². The summed E-state index contributed by atoms with van der Waals surface area (Å²) in [6, 6.07) is 0. The van der Waals surface area contributed by atoms with E-state index in [-0.39, 0.29) is 0 Å². The zero-order valence-corrected chi connectivity index (χ0v) is 10.7. The van der Waals surface area contributed by atoms with Crippen LogP contribution >= 0.6 is 0 Å². The maximum Gasteiger partial charge on any atom is 0.186 e. The van der Waals surface area contributed by atoms with E-state index >= 15 is 0 Å². The van der Waals surface area contributed by atoms with Crippen LogP contribution < -0.4 is 0 Å². The summed E-state index contributed by atoms with van der Waals surface area (Å²) in [4.78, 5) is 0. The summed E-state index contributed by atoms with van der Waals surface area (Å²) in [6.45, 7) is 2.10. The molecule has 0 bridgehead atoms. The van der Waals surface area contributed by atoms with Gasteiger partial charge in [-0.15, -0.1) is 0 Å². The first-order valence-corrected chi connectivity index (χ1v) is 6.54. The monoisotopic (exact) mass is 264 g/mol. The van der Waals surface area contributed by atoms with Gasteiger partial charge in [-0.3, -0.25) is 0 Å². The molecule has 6 nitrogen and oxygen atoms in total. The second-order valence-electron chi connectivity index (χ2n) is 4.63. The quantitative estimate of drug-likeness (QED) is 0.458. The van der Waals surface area contributed by atoms with Crippen molar-refractivity contribution in [3.63, 3.8) is 0 Å². The number of aliphatic hydroxyl groups excluding tert-OH is 4. The van der Waals surface area contributed by atoms with Gasteiger partial charge in [0.05, 0.1) is 6.61 Å². The first-order valence-electron chi connectivity index (χ1n) is 6.54. The van der Waals surface area contributed by atoms with E-state index in [0.717, 1.165) is 25.7 Å². The Morgan fingerprint density at radius 1 is 1.00 bits per heavy atom. The lowest BCUT2D eigenvalue weighted by atomic mass is 9.99. The molecule has 6 heteroatoms. The van der Waals surface area contributed by atoms with Crippen LogP contribution in [0.2, 0.25) is 0 Å². The van der Waals surface area contributed by atoms with Crippen LogP contribution in [0.15, 0.2) is 0 Å². The number of unbranched alkanes of at least 4 members (excludes halogenated alkanes) is 3. The predicted octanol–water partition coefficient (Wildman–Crippen LogP) is -0.617. The van der Waals surface area contributed by atoms with Gasteiger partial charge in [-0.25, -0.2) is 0 Å². The topological polar surface area (TPSA) is 99.4 Å². The molecular weight excluding hydrogens is 240 g/mol. The summed E-state index contributed by atoms with van der Waals surface area (Å²) >= 11 is 0. The van der Waals surface area contributed by atoms with E-state index in [1.54, 1.807) is 0 Å². The molecule has 0 spiro atoms. The SMILES string of the molecule is CCCCCCO[C@H]1O[C@H](CO)[C@H](O)[C@@H](O)[C@@H]1O. The van der Waals surface area contributed by atoms with Crippen molar-refractivity contribution in [3.05, 3.63) is 0 Å². The highest BCUT2D eigenvalue weighted by atomic mass is 16.7. The molecule has 0 aromatic carbocycles. The molecule has 1 aliphatic heterocycles. The molecule has 108 valence electrons. The summed E-state index contributed by atoms with van der Waals surface area (Å²) in [7, 11) is 0. The Morgan fingerprint density at radius 3 is 2.33 bits per heavy atom. The lowest BCUT2D eigenvalue weighted by Gasteiger charge is -2.39. The van der Waals surface area contributed by atoms with Crippen LogP contribution in [0, 0.1) is 0 Å². The minimum absolute atomic E-state index is 0.419. The van der Waals surface area contributed by atoms with E-state index < -0.39 is 37.3 Å². The van der Waals surface area contributed by atoms with Gasteiger partial charge < -0.3 is 29.9 Å². The minimum atomic E-state index is -1.36. The van der Waals surface area contributed by atoms with Crippen molar-refractivity contribution < 1.29 is 29.9 Å². The summed E-state index contributed by atoms with van der Waals surface area (Å²) in [5, 5.41) is 37.8. The zero-order valence-electron chi connectivity index (χ0n) is 10.7. The van der Waals surface area contributed by atoms with E-state index in [1.807, 2.05) is 0 Å². The molecule has 0 amide bonds. The van der Waals surface area contributed by atoms with Gasteiger partial charge in [-0.05, 0) is 6.42 Å². The van der Waals surface area contributed by atoms with E-state index in [9.17, 15) is 15.3 Å². The van der Waals surface area contributed by atoms with Crippen molar-refractivity contribution in [1.82, 2.24) is 0 Å². The van der Waals surface area contributed by atoms with Gasteiger partial charge in [-0.2, -0.15) is 0 Å². The first-order chi connectivity index (χ1) is 8.61. The predicted molar refractivity (Wildman–Crippen MR) is 63.9 cm³/mol. The molecule has 1 rings (SSSR count). The van der Waals surface area contributed by atoms with Gasteiger partial charge in [0.1, 0.15) is 24.4 Å². The van der Waals surface area contributed by atoms with E-state index in [4.69, 9.17) is 14.6 Å². The van der Waals surface area contributed by atoms with Gasteiger partial charge in [0.25, 0.3) is 0 Å². The summed E-state index contributed by atoms with van der Waals surface area (Å²) in [5.41, 5.74) is 0. The molecule has 0 saturated carbocycles. The molecule has 0 aliphatic carbocycles. The normalized spacial score (nSPS) is 36.8. The Labute approximate surface area is 107 Å². The van der Waals surface area contributed by atoms with Gasteiger partial charge >= 0.3 is 0 Å². The molecule has 0 unspecified atom stereocenters. The van der Waals surface area contributed by atoms with Crippen molar-refractivity contribution in [1.29, 1.82) is 0 Å². The number of hydrogen-bond donors (Lipinski definition) is 4. The highest BCUT2D eigenvalue weighted by Crippen LogP contribution is 2.22. The maximum atomic E-state index is 9.68. The molecule has 5 atom stereocenters. The van der Waals surface area contributed by atoms with Crippen LogP contribution in [0.25, 0.3) is 0 Å². The van der Waals surface area contributed by atoms with E-state index in [1.165, 1.54) is 0 Å². The molecular formula is C12H24O6. The third-order valence-corrected chi connectivity index (χ3v) is 3.13. The lowest BCUT2D eigenvalue weighted by Crippen LogP contribution is -2.59. The zero-order chi connectivity index (χ0) is 13.5. The van der Waals surface area contributed by atoms with Crippen molar-refractivity contribution in [2.45, 2.75) is 63.3 Å². The lowest BCUT2D eigenvalue weighted by molar-refractivity contribution is -0.301. The Kier molecular flexibility index (Phi) is 7.06. The van der Waals surface area contributed by atoms with Crippen LogP contribution in [-0.4, -0.2) is 64.3 Å². The van der Waals surface area contributed by atoms with Crippen molar-refractivity contribution in [2.24, 2.45) is 0 Å². The van der Waals surface area contributed by atoms with Gasteiger partial charge in [-0.1, -0.05) is 26.2 Å². The highest BCUT2D eigenvalue weighted by molar-refractivity contribution is 4.88. The maximum absolute atomic E-state index is 9.68. The summed E-state index contributed by atoms with van der Waals surface area (Å²) < 4.78 is 10.5. The van der Waals surface area contributed by atoms with E-state index in [0.29, 0.717) is 6.61 Å². The second-order valence-corrected chi connectivity index (χ2v) is 4.63. The first kappa shape index (κ1) is 15.8. The molecule has 0 aromatic heterocycles. The third-order valence-electron chi connectivity index (χ3n) is 3.13. The molecule has 18 heavy (non-hydrogen) atoms. The summed E-state index contributed by atoms with van der Waals surface area (Å²) in [6.07, 6.45) is -1.75. The Morgan fingerprint density at radius 2 is 1.72 bits per heavy atom.